The molecule has 0 radical (unpaired) electrons. The molecule has 0 spiro atoms. The molecule has 0 aromatic carbocycles. The highest BCUT2D eigenvalue weighted by molar-refractivity contribution is 5.14. The van der Waals surface area contributed by atoms with E-state index in [0.29, 0.717) is 5.95 Å². The van der Waals surface area contributed by atoms with E-state index in [9.17, 15) is 0 Å². The Morgan fingerprint density at radius 3 is 2.83 bits per heavy atom. The second kappa shape index (κ2) is 8.14. The highest BCUT2D eigenvalue weighted by Gasteiger charge is 2.01. The van der Waals surface area contributed by atoms with Crippen LogP contribution in [0.5, 0.6) is 0 Å². The molecule has 3 aromatic heterocycles. The van der Waals surface area contributed by atoms with Crippen molar-refractivity contribution in [1.82, 2.24) is 29.8 Å². The zero-order valence-electron chi connectivity index (χ0n) is 13.0. The molecular weight excluding hydrogens is 288 g/mol. The molecule has 0 aliphatic rings. The first-order valence-electron chi connectivity index (χ1n) is 7.82. The van der Waals surface area contributed by atoms with Crippen molar-refractivity contribution < 1.29 is 0 Å². The topological polar surface area (TPSA) is 68.5 Å². The smallest absolute Gasteiger partial charge is 0.235 e. The van der Waals surface area contributed by atoms with Crippen LogP contribution in [0.4, 0.5) is 0 Å². The van der Waals surface area contributed by atoms with E-state index in [-0.39, 0.29) is 0 Å². The van der Waals surface area contributed by atoms with Crippen LogP contribution in [0.3, 0.4) is 0 Å². The molecule has 0 aliphatic heterocycles. The van der Waals surface area contributed by atoms with Crippen molar-refractivity contribution in [2.75, 3.05) is 13.1 Å². The molecule has 3 aromatic rings. The summed E-state index contributed by atoms with van der Waals surface area (Å²) in [6.07, 6.45) is 13.8. The van der Waals surface area contributed by atoms with Gasteiger partial charge in [-0.25, -0.2) is 15.0 Å². The van der Waals surface area contributed by atoms with Gasteiger partial charge in [-0.1, -0.05) is 6.07 Å². The van der Waals surface area contributed by atoms with Crippen LogP contribution in [-0.2, 0) is 12.8 Å². The Hall–Kier alpha value is -2.60. The van der Waals surface area contributed by atoms with Gasteiger partial charge in [-0.3, -0.25) is 9.55 Å². The molecule has 0 saturated heterocycles. The second-order valence-corrected chi connectivity index (χ2v) is 5.28. The van der Waals surface area contributed by atoms with Crippen LogP contribution in [0.25, 0.3) is 5.95 Å². The monoisotopic (exact) mass is 308 g/mol. The van der Waals surface area contributed by atoms with Gasteiger partial charge in [0.2, 0.25) is 5.95 Å². The maximum atomic E-state index is 4.54. The molecule has 0 aliphatic carbocycles. The van der Waals surface area contributed by atoms with Gasteiger partial charge in [-0.05, 0) is 37.1 Å². The highest BCUT2D eigenvalue weighted by Crippen LogP contribution is 2.02. The van der Waals surface area contributed by atoms with Crippen LogP contribution in [0.15, 0.2) is 55.5 Å². The van der Waals surface area contributed by atoms with Crippen molar-refractivity contribution in [3.63, 3.8) is 0 Å². The maximum Gasteiger partial charge on any atom is 0.235 e. The molecule has 0 bridgehead atoms. The number of hydrogen-bond acceptors (Lipinski definition) is 5. The lowest BCUT2D eigenvalue weighted by molar-refractivity contribution is 0.641. The first-order valence-corrected chi connectivity index (χ1v) is 7.82. The Morgan fingerprint density at radius 2 is 2.00 bits per heavy atom. The van der Waals surface area contributed by atoms with Crippen molar-refractivity contribution in [2.24, 2.45) is 0 Å². The third kappa shape index (κ3) is 4.69. The number of aryl methyl sites for hydroxylation is 1. The van der Waals surface area contributed by atoms with Gasteiger partial charge >= 0.3 is 0 Å². The number of nitrogens with one attached hydrogen (secondary N) is 1. The number of pyridine rings is 1. The fourth-order valence-electron chi connectivity index (χ4n) is 2.33. The van der Waals surface area contributed by atoms with E-state index in [0.717, 1.165) is 38.0 Å². The summed E-state index contributed by atoms with van der Waals surface area (Å²) in [4.78, 5) is 16.9. The summed E-state index contributed by atoms with van der Waals surface area (Å²) in [6, 6.07) is 6.05. The Balaban J connectivity index is 1.38. The Kier molecular flexibility index (Phi) is 5.42. The molecule has 0 atom stereocenters. The van der Waals surface area contributed by atoms with Crippen molar-refractivity contribution in [1.29, 1.82) is 0 Å². The molecule has 0 saturated carbocycles. The van der Waals surface area contributed by atoms with E-state index in [1.807, 2.05) is 35.3 Å². The summed E-state index contributed by atoms with van der Waals surface area (Å²) in [7, 11) is 0. The van der Waals surface area contributed by atoms with E-state index in [4.69, 9.17) is 0 Å². The summed E-state index contributed by atoms with van der Waals surface area (Å²) >= 11 is 0. The summed E-state index contributed by atoms with van der Waals surface area (Å²) in [5.41, 5.74) is 2.32. The molecule has 3 rings (SSSR count). The molecular formula is C17H20N6. The number of rotatable bonds is 8. The quantitative estimate of drug-likeness (QED) is 0.643. The van der Waals surface area contributed by atoms with Crippen LogP contribution < -0.4 is 5.32 Å². The Bertz CT molecular complexity index is 696. The van der Waals surface area contributed by atoms with E-state index < -0.39 is 0 Å². The summed E-state index contributed by atoms with van der Waals surface area (Å²) in [5, 5.41) is 3.46. The fourth-order valence-corrected chi connectivity index (χ4v) is 2.33. The molecule has 0 fully saturated rings. The standard InChI is InChI=1S/C17H20N6/c1(3-15-4-2-8-19-13-15)7-18-9-5-16-6-10-21-17(22-16)23-12-11-20-14-23/h2,4,6,8,10-14,18H,1,3,5,7,9H2. The average Bonchev–Trinajstić information content (AvgIpc) is 3.14. The summed E-state index contributed by atoms with van der Waals surface area (Å²) < 4.78 is 1.81. The van der Waals surface area contributed by atoms with Crippen LogP contribution in [-0.4, -0.2) is 37.6 Å². The van der Waals surface area contributed by atoms with Crippen LogP contribution in [0.2, 0.25) is 0 Å². The van der Waals surface area contributed by atoms with E-state index in [1.54, 1.807) is 18.7 Å². The van der Waals surface area contributed by atoms with Crippen LogP contribution in [0.1, 0.15) is 17.7 Å². The summed E-state index contributed by atoms with van der Waals surface area (Å²) in [6.45, 7) is 1.90. The molecule has 6 nitrogen and oxygen atoms in total. The largest absolute Gasteiger partial charge is 0.316 e. The molecule has 0 amide bonds. The molecule has 3 heterocycles. The van der Waals surface area contributed by atoms with Crippen molar-refractivity contribution in [2.45, 2.75) is 19.3 Å². The van der Waals surface area contributed by atoms with Gasteiger partial charge in [0.15, 0.2) is 0 Å². The number of imidazole rings is 1. The van der Waals surface area contributed by atoms with Crippen molar-refractivity contribution in [3.05, 3.63) is 66.8 Å². The minimum Gasteiger partial charge on any atom is -0.316 e. The van der Waals surface area contributed by atoms with Crippen LogP contribution in [0, 0.1) is 0 Å². The van der Waals surface area contributed by atoms with E-state index in [1.165, 1.54) is 5.56 Å². The van der Waals surface area contributed by atoms with Gasteiger partial charge in [0, 0.05) is 49.6 Å². The van der Waals surface area contributed by atoms with E-state index >= 15 is 0 Å². The fraction of sp³-hybridized carbons (Fsp3) is 0.294. The third-order valence-electron chi connectivity index (χ3n) is 3.54. The molecule has 6 heteroatoms. The Labute approximate surface area is 135 Å². The van der Waals surface area contributed by atoms with Gasteiger partial charge in [0.1, 0.15) is 6.33 Å². The van der Waals surface area contributed by atoms with Gasteiger partial charge in [-0.15, -0.1) is 0 Å². The predicted octanol–water partition coefficient (Wildman–Crippen LogP) is 1.82. The van der Waals surface area contributed by atoms with Crippen LogP contribution >= 0.6 is 0 Å². The van der Waals surface area contributed by atoms with Gasteiger partial charge < -0.3 is 5.32 Å². The Morgan fingerprint density at radius 1 is 1.00 bits per heavy atom. The van der Waals surface area contributed by atoms with Crippen molar-refractivity contribution in [3.8, 4) is 5.95 Å². The molecule has 23 heavy (non-hydrogen) atoms. The first-order chi connectivity index (χ1) is 11.4. The summed E-state index contributed by atoms with van der Waals surface area (Å²) in [5.74, 6) is 0.663. The van der Waals surface area contributed by atoms with Gasteiger partial charge in [-0.2, -0.15) is 0 Å². The normalized spacial score (nSPS) is 10.8. The van der Waals surface area contributed by atoms with Gasteiger partial charge in [0.05, 0.1) is 0 Å². The number of nitrogens with zero attached hydrogens (tertiary/aromatic N) is 5. The third-order valence-corrected chi connectivity index (χ3v) is 3.54. The first kappa shape index (κ1) is 15.3. The van der Waals surface area contributed by atoms with E-state index in [2.05, 4.69) is 31.3 Å². The zero-order chi connectivity index (χ0) is 15.7. The predicted molar refractivity (Wildman–Crippen MR) is 88.3 cm³/mol. The zero-order valence-corrected chi connectivity index (χ0v) is 13.0. The molecule has 0 unspecified atom stereocenters. The average molecular weight is 308 g/mol. The SMILES string of the molecule is c1cncc(CCCNCCc2ccnc(-n3ccnc3)n2)c1. The molecule has 118 valence electrons. The van der Waals surface area contributed by atoms with Crippen molar-refractivity contribution >= 4 is 0 Å². The minimum atomic E-state index is 0.663. The molecule has 1 N–H and O–H groups in total. The van der Waals surface area contributed by atoms with Gasteiger partial charge in [0.25, 0.3) is 0 Å². The minimum absolute atomic E-state index is 0.663. The maximum absolute atomic E-state index is 4.54. The number of aromatic nitrogens is 5. The lowest BCUT2D eigenvalue weighted by Crippen LogP contribution is -2.19. The second-order valence-electron chi connectivity index (χ2n) is 5.28. The lowest BCUT2D eigenvalue weighted by Gasteiger charge is -2.06. The number of hydrogen-bond donors (Lipinski definition) is 1. The highest BCUT2D eigenvalue weighted by atomic mass is 15.2. The lowest BCUT2D eigenvalue weighted by atomic mass is 10.1.